The van der Waals surface area contributed by atoms with Gasteiger partial charge in [0.05, 0.1) is 5.41 Å². The lowest BCUT2D eigenvalue weighted by Gasteiger charge is -2.39. The molecular formula is C16H22FNO2. The van der Waals surface area contributed by atoms with E-state index >= 15 is 0 Å². The van der Waals surface area contributed by atoms with Gasteiger partial charge in [-0.15, -0.1) is 0 Å². The first-order valence-corrected chi connectivity index (χ1v) is 7.04. The average Bonchev–Trinajstić information content (AvgIpc) is 2.38. The van der Waals surface area contributed by atoms with E-state index in [0.717, 1.165) is 18.7 Å². The smallest absolute Gasteiger partial charge is 0.312 e. The lowest BCUT2D eigenvalue weighted by Crippen LogP contribution is -2.45. The Morgan fingerprint density at radius 1 is 1.30 bits per heavy atom. The van der Waals surface area contributed by atoms with Gasteiger partial charge in [0.25, 0.3) is 0 Å². The summed E-state index contributed by atoms with van der Waals surface area (Å²) in [7, 11) is 0. The number of ether oxygens (including phenoxy) is 1. The first kappa shape index (κ1) is 15.0. The third-order valence-electron chi connectivity index (χ3n) is 3.66. The zero-order chi connectivity index (χ0) is 14.8. The van der Waals surface area contributed by atoms with Crippen LogP contribution in [0.1, 0.15) is 39.2 Å². The highest BCUT2D eigenvalue weighted by Crippen LogP contribution is 2.37. The van der Waals surface area contributed by atoms with E-state index in [2.05, 4.69) is 5.32 Å². The summed E-state index contributed by atoms with van der Waals surface area (Å²) in [5.41, 5.74) is -0.528. The molecule has 0 bridgehead atoms. The Morgan fingerprint density at radius 2 is 1.95 bits per heavy atom. The van der Waals surface area contributed by atoms with Crippen LogP contribution < -0.4 is 5.32 Å². The quantitative estimate of drug-likeness (QED) is 0.846. The zero-order valence-corrected chi connectivity index (χ0v) is 12.3. The van der Waals surface area contributed by atoms with Gasteiger partial charge in [0.1, 0.15) is 11.4 Å². The minimum Gasteiger partial charge on any atom is -0.454 e. The van der Waals surface area contributed by atoms with Crippen molar-refractivity contribution in [2.45, 2.75) is 39.2 Å². The van der Waals surface area contributed by atoms with Crippen molar-refractivity contribution in [1.29, 1.82) is 0 Å². The monoisotopic (exact) mass is 279 g/mol. The van der Waals surface area contributed by atoms with E-state index in [0.29, 0.717) is 12.8 Å². The minimum atomic E-state index is -0.711. The maximum Gasteiger partial charge on any atom is 0.312 e. The second kappa shape index (κ2) is 5.52. The van der Waals surface area contributed by atoms with Crippen LogP contribution in [0, 0.1) is 11.2 Å². The summed E-state index contributed by atoms with van der Waals surface area (Å²) in [6, 6.07) is 6.38. The van der Waals surface area contributed by atoms with E-state index in [1.165, 1.54) is 12.1 Å². The van der Waals surface area contributed by atoms with Crippen molar-refractivity contribution in [3.8, 4) is 0 Å². The maximum absolute atomic E-state index is 13.5. The van der Waals surface area contributed by atoms with Gasteiger partial charge in [0, 0.05) is 12.8 Å². The first-order valence-electron chi connectivity index (χ1n) is 7.04. The van der Waals surface area contributed by atoms with Gasteiger partial charge in [0.15, 0.2) is 0 Å². The topological polar surface area (TPSA) is 38.3 Å². The van der Waals surface area contributed by atoms with Crippen molar-refractivity contribution in [3.05, 3.63) is 35.6 Å². The van der Waals surface area contributed by atoms with Crippen LogP contribution in [0.25, 0.3) is 0 Å². The van der Waals surface area contributed by atoms with Crippen LogP contribution in [0.2, 0.25) is 0 Å². The predicted octanol–water partition coefficient (Wildman–Crippen LogP) is 2.99. The molecule has 0 spiro atoms. The van der Waals surface area contributed by atoms with Crippen LogP contribution in [0.5, 0.6) is 0 Å². The number of halogens is 1. The molecule has 0 aliphatic carbocycles. The Hall–Kier alpha value is -1.42. The maximum atomic E-state index is 13.5. The van der Waals surface area contributed by atoms with Gasteiger partial charge in [-0.05, 0) is 51.6 Å². The summed E-state index contributed by atoms with van der Waals surface area (Å²) >= 11 is 0. The third-order valence-corrected chi connectivity index (χ3v) is 3.66. The molecule has 4 heteroatoms. The second-order valence-corrected chi connectivity index (χ2v) is 6.39. The molecule has 1 aliphatic rings. The first-order chi connectivity index (χ1) is 9.33. The van der Waals surface area contributed by atoms with Crippen LogP contribution in [0.15, 0.2) is 24.3 Å². The molecule has 1 aromatic carbocycles. The number of benzene rings is 1. The van der Waals surface area contributed by atoms with Crippen LogP contribution in [-0.2, 0) is 15.1 Å². The summed E-state index contributed by atoms with van der Waals surface area (Å²) in [5, 5.41) is 3.25. The summed E-state index contributed by atoms with van der Waals surface area (Å²) in [6.45, 7) is 7.00. The molecule has 2 rings (SSSR count). The molecule has 0 radical (unpaired) electrons. The number of hydrogen-bond donors (Lipinski definition) is 1. The summed E-state index contributed by atoms with van der Waals surface area (Å²) in [4.78, 5) is 12.3. The Morgan fingerprint density at radius 3 is 2.50 bits per heavy atom. The molecule has 20 heavy (non-hydrogen) atoms. The number of esters is 1. The van der Waals surface area contributed by atoms with Crippen LogP contribution >= 0.6 is 0 Å². The molecule has 0 atom stereocenters. The van der Waals surface area contributed by atoms with Crippen LogP contribution in [0.4, 0.5) is 4.39 Å². The van der Waals surface area contributed by atoms with Gasteiger partial charge < -0.3 is 10.1 Å². The Bertz CT molecular complexity index is 487. The van der Waals surface area contributed by atoms with E-state index in [9.17, 15) is 9.18 Å². The lowest BCUT2D eigenvalue weighted by molar-refractivity contribution is -0.174. The van der Waals surface area contributed by atoms with Crippen molar-refractivity contribution in [1.82, 2.24) is 5.32 Å². The normalized spacial score (nSPS) is 18.6. The molecule has 0 unspecified atom stereocenters. The molecule has 1 fully saturated rings. The van der Waals surface area contributed by atoms with Crippen molar-refractivity contribution in [3.63, 3.8) is 0 Å². The number of carbonyl (C=O) groups excluding carboxylic acids is 1. The van der Waals surface area contributed by atoms with E-state index in [-0.39, 0.29) is 11.8 Å². The van der Waals surface area contributed by atoms with Crippen molar-refractivity contribution in [2.24, 2.45) is 5.41 Å². The molecule has 0 saturated carbocycles. The number of piperidine rings is 1. The molecule has 1 aliphatic heterocycles. The molecule has 1 N–H and O–H groups in total. The molecule has 0 aromatic heterocycles. The van der Waals surface area contributed by atoms with Gasteiger partial charge in [-0.1, -0.05) is 12.1 Å². The summed E-state index contributed by atoms with van der Waals surface area (Å²) in [5.74, 6) is -0.545. The Labute approximate surface area is 119 Å². The molecule has 1 saturated heterocycles. The van der Waals surface area contributed by atoms with E-state index in [4.69, 9.17) is 4.74 Å². The van der Waals surface area contributed by atoms with E-state index in [1.54, 1.807) is 6.07 Å². The van der Waals surface area contributed by atoms with Gasteiger partial charge >= 0.3 is 5.97 Å². The highest BCUT2D eigenvalue weighted by Gasteiger charge is 2.40. The zero-order valence-electron chi connectivity index (χ0n) is 12.3. The molecule has 110 valence electrons. The largest absolute Gasteiger partial charge is 0.454 e. The Kier molecular flexibility index (Phi) is 4.14. The van der Waals surface area contributed by atoms with Crippen LogP contribution in [-0.4, -0.2) is 19.1 Å². The van der Waals surface area contributed by atoms with E-state index in [1.807, 2.05) is 26.8 Å². The Balaban J connectivity index is 2.33. The van der Waals surface area contributed by atoms with Gasteiger partial charge in [0.2, 0.25) is 0 Å². The van der Waals surface area contributed by atoms with Crippen LogP contribution in [0.3, 0.4) is 0 Å². The molecule has 1 aromatic rings. The van der Waals surface area contributed by atoms with Gasteiger partial charge in [-0.3, -0.25) is 4.79 Å². The highest BCUT2D eigenvalue weighted by molar-refractivity contribution is 5.76. The molecule has 3 nitrogen and oxygen atoms in total. The van der Waals surface area contributed by atoms with Crippen molar-refractivity contribution >= 4 is 5.97 Å². The van der Waals surface area contributed by atoms with Gasteiger partial charge in [-0.2, -0.15) is 0 Å². The second-order valence-electron chi connectivity index (χ2n) is 6.39. The van der Waals surface area contributed by atoms with Gasteiger partial charge in [-0.25, -0.2) is 4.39 Å². The van der Waals surface area contributed by atoms with Crippen molar-refractivity contribution < 1.29 is 13.9 Å². The number of hydrogen-bond acceptors (Lipinski definition) is 3. The fraction of sp³-hybridized carbons (Fsp3) is 0.562. The lowest BCUT2D eigenvalue weighted by atomic mass is 9.84. The summed E-state index contributed by atoms with van der Waals surface area (Å²) < 4.78 is 19.3. The van der Waals surface area contributed by atoms with Crippen molar-refractivity contribution in [2.75, 3.05) is 13.1 Å². The molecule has 1 heterocycles. The predicted molar refractivity (Wildman–Crippen MR) is 75.7 cm³/mol. The highest BCUT2D eigenvalue weighted by atomic mass is 19.1. The fourth-order valence-electron chi connectivity index (χ4n) is 2.38. The molecule has 0 amide bonds. The standard InChI is InChI=1S/C16H22FNO2/c1-15(2,3)14(19)20-16(7-9-18-10-8-16)12-5-4-6-13(17)11-12/h4-6,11,18H,7-10H2,1-3H3. The SMILES string of the molecule is CC(C)(C)C(=O)OC1(c2cccc(F)c2)CCNCC1. The average molecular weight is 279 g/mol. The van der Waals surface area contributed by atoms with E-state index < -0.39 is 11.0 Å². The summed E-state index contributed by atoms with van der Waals surface area (Å²) in [6.07, 6.45) is 1.33. The fourth-order valence-corrected chi connectivity index (χ4v) is 2.38. The minimum absolute atomic E-state index is 0.247. The number of carbonyl (C=O) groups is 1. The number of rotatable bonds is 2. The third kappa shape index (κ3) is 3.18. The molecular weight excluding hydrogens is 257 g/mol. The number of nitrogens with one attached hydrogen (secondary N) is 1.